The lowest BCUT2D eigenvalue weighted by Gasteiger charge is -2.06. The maximum absolute atomic E-state index is 5.67. The first-order valence-corrected chi connectivity index (χ1v) is 6.68. The zero-order valence-electron chi connectivity index (χ0n) is 10.4. The van der Waals surface area contributed by atoms with Gasteiger partial charge in [-0.2, -0.15) is 4.98 Å². The summed E-state index contributed by atoms with van der Waals surface area (Å²) in [4.78, 5) is 4.25. The van der Waals surface area contributed by atoms with Gasteiger partial charge in [0, 0.05) is 10.9 Å². The topological polar surface area (TPSA) is 48.2 Å². The first kappa shape index (κ1) is 13.1. The monoisotopic (exact) mass is 310 g/mol. The van der Waals surface area contributed by atoms with E-state index in [0.29, 0.717) is 12.5 Å². The molecule has 2 aromatic rings. The van der Waals surface area contributed by atoms with Gasteiger partial charge in [-0.25, -0.2) is 0 Å². The highest BCUT2D eigenvalue weighted by Gasteiger charge is 2.07. The van der Waals surface area contributed by atoms with Gasteiger partial charge in [0.1, 0.15) is 5.75 Å². The van der Waals surface area contributed by atoms with Crippen molar-refractivity contribution >= 4 is 15.9 Å². The van der Waals surface area contributed by atoms with E-state index in [1.807, 2.05) is 25.1 Å². The van der Waals surface area contributed by atoms with Crippen molar-refractivity contribution in [2.24, 2.45) is 0 Å². The van der Waals surface area contributed by atoms with Crippen molar-refractivity contribution < 1.29 is 9.26 Å². The Kier molecular flexibility index (Phi) is 4.36. The van der Waals surface area contributed by atoms with Gasteiger partial charge < -0.3 is 9.26 Å². The number of aryl methyl sites for hydroxylation is 2. The first-order chi connectivity index (χ1) is 8.69. The van der Waals surface area contributed by atoms with Crippen LogP contribution < -0.4 is 4.74 Å². The summed E-state index contributed by atoms with van der Waals surface area (Å²) in [7, 11) is 0. The van der Waals surface area contributed by atoms with Crippen molar-refractivity contribution in [1.82, 2.24) is 10.1 Å². The predicted octanol–water partition coefficient (Wildman–Crippen LogP) is 3.67. The van der Waals surface area contributed by atoms with E-state index in [1.165, 1.54) is 0 Å². The summed E-state index contributed by atoms with van der Waals surface area (Å²) in [5, 5.41) is 3.88. The summed E-state index contributed by atoms with van der Waals surface area (Å²) >= 11 is 3.42. The Bertz CT molecular complexity index is 525. The number of benzene rings is 1. The van der Waals surface area contributed by atoms with Crippen LogP contribution >= 0.6 is 15.9 Å². The highest BCUT2D eigenvalue weighted by molar-refractivity contribution is 9.10. The van der Waals surface area contributed by atoms with Crippen LogP contribution in [0.4, 0.5) is 0 Å². The molecular formula is C13H15BrN2O2. The molecule has 0 bridgehead atoms. The predicted molar refractivity (Wildman–Crippen MR) is 71.5 cm³/mol. The molecule has 0 unspecified atom stereocenters. The largest absolute Gasteiger partial charge is 0.483 e. The number of ether oxygens (including phenoxy) is 1. The lowest BCUT2D eigenvalue weighted by molar-refractivity contribution is 0.241. The van der Waals surface area contributed by atoms with E-state index in [2.05, 4.69) is 33.0 Å². The summed E-state index contributed by atoms with van der Waals surface area (Å²) < 4.78 is 11.8. The van der Waals surface area contributed by atoms with Gasteiger partial charge in [-0.3, -0.25) is 0 Å². The van der Waals surface area contributed by atoms with Gasteiger partial charge in [-0.05, 0) is 31.0 Å². The fraction of sp³-hybridized carbons (Fsp3) is 0.385. The lowest BCUT2D eigenvalue weighted by atomic mass is 10.2. The smallest absolute Gasteiger partial charge is 0.264 e. The van der Waals surface area contributed by atoms with E-state index >= 15 is 0 Å². The Morgan fingerprint density at radius 1 is 1.39 bits per heavy atom. The van der Waals surface area contributed by atoms with Crippen LogP contribution in [-0.4, -0.2) is 10.1 Å². The highest BCUT2D eigenvalue weighted by atomic mass is 79.9. The van der Waals surface area contributed by atoms with E-state index in [9.17, 15) is 0 Å². The molecule has 1 heterocycles. The second kappa shape index (κ2) is 6.00. The lowest BCUT2D eigenvalue weighted by Crippen LogP contribution is -1.97. The van der Waals surface area contributed by atoms with Gasteiger partial charge in [0.05, 0.1) is 0 Å². The second-order valence-corrected chi connectivity index (χ2v) is 4.97. The normalized spacial score (nSPS) is 10.6. The van der Waals surface area contributed by atoms with Crippen molar-refractivity contribution in [3.63, 3.8) is 0 Å². The molecule has 2 rings (SSSR count). The summed E-state index contributed by atoms with van der Waals surface area (Å²) in [6.07, 6.45) is 1.84. The SMILES string of the molecule is CCCc1noc(COc2cc(Br)ccc2C)n1. The minimum absolute atomic E-state index is 0.300. The molecule has 0 radical (unpaired) electrons. The zero-order valence-corrected chi connectivity index (χ0v) is 12.0. The maximum Gasteiger partial charge on any atom is 0.264 e. The third kappa shape index (κ3) is 3.32. The number of aromatic nitrogens is 2. The Balaban J connectivity index is 1.99. The average molecular weight is 311 g/mol. The molecule has 0 fully saturated rings. The summed E-state index contributed by atoms with van der Waals surface area (Å²) in [5.74, 6) is 2.07. The number of hydrogen-bond donors (Lipinski definition) is 0. The number of nitrogens with zero attached hydrogens (tertiary/aromatic N) is 2. The van der Waals surface area contributed by atoms with E-state index in [-0.39, 0.29) is 0 Å². The van der Waals surface area contributed by atoms with E-state index < -0.39 is 0 Å². The van der Waals surface area contributed by atoms with Crippen LogP contribution in [0.3, 0.4) is 0 Å². The number of rotatable bonds is 5. The Morgan fingerprint density at radius 2 is 2.22 bits per heavy atom. The molecule has 0 amide bonds. The molecule has 18 heavy (non-hydrogen) atoms. The molecule has 0 aliphatic carbocycles. The van der Waals surface area contributed by atoms with Crippen molar-refractivity contribution in [3.05, 3.63) is 40.0 Å². The van der Waals surface area contributed by atoms with Gasteiger partial charge in [-0.15, -0.1) is 0 Å². The minimum atomic E-state index is 0.300. The third-order valence-corrected chi connectivity index (χ3v) is 2.98. The molecule has 5 heteroatoms. The van der Waals surface area contributed by atoms with Crippen molar-refractivity contribution in [1.29, 1.82) is 0 Å². The molecular weight excluding hydrogens is 296 g/mol. The summed E-state index contributed by atoms with van der Waals surface area (Å²) in [5.41, 5.74) is 1.08. The summed E-state index contributed by atoms with van der Waals surface area (Å²) in [6.45, 7) is 4.38. The molecule has 0 aliphatic heterocycles. The maximum atomic E-state index is 5.67. The van der Waals surface area contributed by atoms with Crippen LogP contribution in [0.5, 0.6) is 5.75 Å². The first-order valence-electron chi connectivity index (χ1n) is 5.89. The Labute approximate surface area is 114 Å². The fourth-order valence-corrected chi connectivity index (χ4v) is 1.88. The molecule has 0 saturated heterocycles. The molecule has 1 aromatic heterocycles. The zero-order chi connectivity index (χ0) is 13.0. The molecule has 0 N–H and O–H groups in total. The molecule has 96 valence electrons. The Hall–Kier alpha value is -1.36. The third-order valence-electron chi connectivity index (χ3n) is 2.49. The van der Waals surface area contributed by atoms with Crippen LogP contribution in [0, 0.1) is 6.92 Å². The molecule has 0 aliphatic rings. The van der Waals surface area contributed by atoms with Gasteiger partial charge in [0.15, 0.2) is 12.4 Å². The quantitative estimate of drug-likeness (QED) is 0.845. The van der Waals surface area contributed by atoms with Crippen molar-refractivity contribution in [2.45, 2.75) is 33.3 Å². The molecule has 0 spiro atoms. The molecule has 0 saturated carbocycles. The number of halogens is 1. The van der Waals surface area contributed by atoms with E-state index in [0.717, 1.165) is 34.5 Å². The van der Waals surface area contributed by atoms with Crippen LogP contribution in [0.1, 0.15) is 30.6 Å². The van der Waals surface area contributed by atoms with Crippen molar-refractivity contribution in [2.75, 3.05) is 0 Å². The molecule has 1 aromatic carbocycles. The Morgan fingerprint density at radius 3 is 3.00 bits per heavy atom. The highest BCUT2D eigenvalue weighted by Crippen LogP contribution is 2.23. The summed E-state index contributed by atoms with van der Waals surface area (Å²) in [6, 6.07) is 5.91. The van der Waals surface area contributed by atoms with Gasteiger partial charge >= 0.3 is 0 Å². The minimum Gasteiger partial charge on any atom is -0.483 e. The van der Waals surface area contributed by atoms with Crippen molar-refractivity contribution in [3.8, 4) is 5.75 Å². The van der Waals surface area contributed by atoms with E-state index in [1.54, 1.807) is 0 Å². The van der Waals surface area contributed by atoms with Gasteiger partial charge in [0.2, 0.25) is 0 Å². The molecule has 0 atom stereocenters. The number of hydrogen-bond acceptors (Lipinski definition) is 4. The van der Waals surface area contributed by atoms with Crippen LogP contribution in [0.25, 0.3) is 0 Å². The van der Waals surface area contributed by atoms with Gasteiger partial charge in [-0.1, -0.05) is 34.1 Å². The van der Waals surface area contributed by atoms with E-state index in [4.69, 9.17) is 9.26 Å². The van der Waals surface area contributed by atoms with Crippen LogP contribution in [-0.2, 0) is 13.0 Å². The standard InChI is InChI=1S/C13H15BrN2O2/c1-3-4-12-15-13(18-16-12)8-17-11-7-10(14)6-5-9(11)2/h5-7H,3-4,8H2,1-2H3. The fourth-order valence-electron chi connectivity index (χ4n) is 1.54. The second-order valence-electron chi connectivity index (χ2n) is 4.05. The van der Waals surface area contributed by atoms with Crippen LogP contribution in [0.15, 0.2) is 27.2 Å². The van der Waals surface area contributed by atoms with Crippen LogP contribution in [0.2, 0.25) is 0 Å². The van der Waals surface area contributed by atoms with Gasteiger partial charge in [0.25, 0.3) is 5.89 Å². The molecule has 4 nitrogen and oxygen atoms in total. The average Bonchev–Trinajstić information content (AvgIpc) is 2.79.